The highest BCUT2D eigenvalue weighted by atomic mass is 16.5. The van der Waals surface area contributed by atoms with Gasteiger partial charge in [0, 0.05) is 18.3 Å². The van der Waals surface area contributed by atoms with Gasteiger partial charge in [0.05, 0.1) is 19.3 Å². The van der Waals surface area contributed by atoms with E-state index in [0.717, 1.165) is 19.4 Å². The van der Waals surface area contributed by atoms with Gasteiger partial charge in [0.25, 0.3) is 0 Å². The second-order valence-electron chi connectivity index (χ2n) is 3.83. The number of imidazole rings is 1. The minimum atomic E-state index is -0.0263. The Morgan fingerprint density at radius 2 is 2.50 bits per heavy atom. The molecule has 4 nitrogen and oxygen atoms in total. The molecule has 1 aliphatic heterocycles. The van der Waals surface area contributed by atoms with Crippen LogP contribution in [0.15, 0.2) is 17.2 Å². The van der Waals surface area contributed by atoms with Crippen molar-refractivity contribution < 1.29 is 4.74 Å². The Balaban J connectivity index is 2.17. The lowest BCUT2D eigenvalue weighted by molar-refractivity contribution is 0.179. The van der Waals surface area contributed by atoms with E-state index in [4.69, 9.17) is 4.74 Å². The molecule has 1 fully saturated rings. The molecule has 0 amide bonds. The Hall–Kier alpha value is -1.03. The van der Waals surface area contributed by atoms with Crippen molar-refractivity contribution in [2.45, 2.75) is 25.8 Å². The second kappa shape index (κ2) is 4.00. The summed E-state index contributed by atoms with van der Waals surface area (Å²) in [7, 11) is 0. The summed E-state index contributed by atoms with van der Waals surface area (Å²) in [4.78, 5) is 14.1. The monoisotopic (exact) mass is 196 g/mol. The molecule has 1 N–H and O–H groups in total. The molecule has 1 aliphatic rings. The summed E-state index contributed by atoms with van der Waals surface area (Å²) in [6.07, 6.45) is 5.76. The van der Waals surface area contributed by atoms with Crippen LogP contribution in [0, 0.1) is 5.92 Å². The van der Waals surface area contributed by atoms with Crippen molar-refractivity contribution in [3.05, 3.63) is 22.9 Å². The summed E-state index contributed by atoms with van der Waals surface area (Å²) in [5, 5.41) is 0. The van der Waals surface area contributed by atoms with Gasteiger partial charge in [0.2, 0.25) is 0 Å². The van der Waals surface area contributed by atoms with Gasteiger partial charge >= 0.3 is 5.69 Å². The minimum absolute atomic E-state index is 0.0263. The molecule has 2 rings (SSSR count). The average molecular weight is 196 g/mol. The number of rotatable bonds is 3. The first-order chi connectivity index (χ1) is 6.83. The first-order valence-corrected chi connectivity index (χ1v) is 5.16. The molecule has 0 aromatic carbocycles. The first kappa shape index (κ1) is 9.52. The molecule has 14 heavy (non-hydrogen) atoms. The van der Waals surface area contributed by atoms with E-state index in [1.807, 2.05) is 6.20 Å². The summed E-state index contributed by atoms with van der Waals surface area (Å²) in [5.41, 5.74) is -0.0263. The number of aromatic nitrogens is 2. The molecule has 1 saturated heterocycles. The van der Waals surface area contributed by atoms with Gasteiger partial charge in [0.15, 0.2) is 0 Å². The van der Waals surface area contributed by atoms with Crippen molar-refractivity contribution in [3.8, 4) is 0 Å². The number of hydrogen-bond acceptors (Lipinski definition) is 2. The van der Waals surface area contributed by atoms with E-state index < -0.39 is 0 Å². The molecule has 1 aromatic rings. The Morgan fingerprint density at radius 3 is 3.14 bits per heavy atom. The third kappa shape index (κ3) is 1.62. The molecule has 0 spiro atoms. The largest absolute Gasteiger partial charge is 0.379 e. The summed E-state index contributed by atoms with van der Waals surface area (Å²) >= 11 is 0. The number of ether oxygens (including phenoxy) is 1. The van der Waals surface area contributed by atoms with Gasteiger partial charge < -0.3 is 9.72 Å². The average Bonchev–Trinajstić information content (AvgIpc) is 2.74. The third-order valence-corrected chi connectivity index (χ3v) is 2.86. The zero-order chi connectivity index (χ0) is 9.97. The van der Waals surface area contributed by atoms with Crippen LogP contribution in [0.1, 0.15) is 25.8 Å². The molecular formula is C10H16N2O2. The lowest BCUT2D eigenvalue weighted by atomic mass is 9.98. The summed E-state index contributed by atoms with van der Waals surface area (Å²) in [6.45, 7) is 3.62. The second-order valence-corrected chi connectivity index (χ2v) is 3.83. The topological polar surface area (TPSA) is 47.0 Å². The lowest BCUT2D eigenvalue weighted by Crippen LogP contribution is -2.26. The molecule has 2 heterocycles. The fourth-order valence-corrected chi connectivity index (χ4v) is 2.13. The van der Waals surface area contributed by atoms with Crippen molar-refractivity contribution >= 4 is 0 Å². The Morgan fingerprint density at radius 1 is 1.64 bits per heavy atom. The van der Waals surface area contributed by atoms with Gasteiger partial charge in [-0.05, 0) is 6.42 Å². The highest BCUT2D eigenvalue weighted by molar-refractivity contribution is 4.87. The van der Waals surface area contributed by atoms with Gasteiger partial charge in [-0.1, -0.05) is 13.3 Å². The van der Waals surface area contributed by atoms with Crippen LogP contribution in [0.2, 0.25) is 0 Å². The van der Waals surface area contributed by atoms with Crippen molar-refractivity contribution in [1.82, 2.24) is 9.55 Å². The minimum Gasteiger partial charge on any atom is -0.379 e. The zero-order valence-corrected chi connectivity index (χ0v) is 8.40. The smallest absolute Gasteiger partial charge is 0.325 e. The number of nitrogens with one attached hydrogen (secondary N) is 1. The highest BCUT2D eigenvalue weighted by Crippen LogP contribution is 2.27. The van der Waals surface area contributed by atoms with Crippen LogP contribution in [-0.2, 0) is 4.74 Å². The third-order valence-electron chi connectivity index (χ3n) is 2.86. The maximum absolute atomic E-state index is 11.4. The summed E-state index contributed by atoms with van der Waals surface area (Å²) in [5.74, 6) is 0.494. The Kier molecular flexibility index (Phi) is 2.72. The van der Waals surface area contributed by atoms with Crippen LogP contribution in [-0.4, -0.2) is 22.8 Å². The van der Waals surface area contributed by atoms with Gasteiger partial charge in [-0.3, -0.25) is 4.57 Å². The van der Waals surface area contributed by atoms with E-state index >= 15 is 0 Å². The van der Waals surface area contributed by atoms with Crippen molar-refractivity contribution in [2.75, 3.05) is 13.2 Å². The van der Waals surface area contributed by atoms with Crippen molar-refractivity contribution in [2.24, 2.45) is 5.92 Å². The summed E-state index contributed by atoms with van der Waals surface area (Å²) in [6, 6.07) is 0.230. The van der Waals surface area contributed by atoms with Crippen LogP contribution in [0.3, 0.4) is 0 Å². The predicted molar refractivity (Wildman–Crippen MR) is 53.3 cm³/mol. The number of aromatic amines is 1. The molecule has 78 valence electrons. The fraction of sp³-hybridized carbons (Fsp3) is 0.700. The first-order valence-electron chi connectivity index (χ1n) is 5.16. The van der Waals surface area contributed by atoms with Crippen LogP contribution >= 0.6 is 0 Å². The molecule has 0 bridgehead atoms. The zero-order valence-electron chi connectivity index (χ0n) is 8.40. The molecule has 2 unspecified atom stereocenters. The van der Waals surface area contributed by atoms with Crippen molar-refractivity contribution in [1.29, 1.82) is 0 Å². The predicted octanol–water partition coefficient (Wildman–Crippen LogP) is 1.16. The molecule has 0 radical (unpaired) electrons. The SMILES string of the molecule is CCCC1COCC1n1cc[nH]c1=O. The van der Waals surface area contributed by atoms with E-state index in [1.54, 1.807) is 10.8 Å². The molecule has 0 saturated carbocycles. The molecule has 2 atom stereocenters. The molecule has 4 heteroatoms. The maximum Gasteiger partial charge on any atom is 0.325 e. The number of hydrogen-bond donors (Lipinski definition) is 1. The molecule has 0 aliphatic carbocycles. The Labute approximate surface area is 82.9 Å². The van der Waals surface area contributed by atoms with Gasteiger partial charge in [-0.25, -0.2) is 4.79 Å². The lowest BCUT2D eigenvalue weighted by Gasteiger charge is -2.16. The van der Waals surface area contributed by atoms with Crippen LogP contribution < -0.4 is 5.69 Å². The van der Waals surface area contributed by atoms with E-state index in [1.165, 1.54) is 0 Å². The van der Waals surface area contributed by atoms with Crippen molar-refractivity contribution in [3.63, 3.8) is 0 Å². The van der Waals surface area contributed by atoms with Gasteiger partial charge in [-0.15, -0.1) is 0 Å². The molecule has 1 aromatic heterocycles. The van der Waals surface area contributed by atoms with Crippen LogP contribution in [0.25, 0.3) is 0 Å². The van der Waals surface area contributed by atoms with E-state index in [-0.39, 0.29) is 11.7 Å². The van der Waals surface area contributed by atoms with Crippen LogP contribution in [0.4, 0.5) is 0 Å². The van der Waals surface area contributed by atoms with Gasteiger partial charge in [-0.2, -0.15) is 0 Å². The van der Waals surface area contributed by atoms with E-state index in [9.17, 15) is 4.79 Å². The standard InChI is InChI=1S/C10H16N2O2/c1-2-3-8-6-14-7-9(8)12-5-4-11-10(12)13/h4-5,8-9H,2-3,6-7H2,1H3,(H,11,13). The number of nitrogens with zero attached hydrogens (tertiary/aromatic N) is 1. The highest BCUT2D eigenvalue weighted by Gasteiger charge is 2.29. The van der Waals surface area contributed by atoms with E-state index in [0.29, 0.717) is 12.5 Å². The fourth-order valence-electron chi connectivity index (χ4n) is 2.13. The van der Waals surface area contributed by atoms with Crippen LogP contribution in [0.5, 0.6) is 0 Å². The summed E-state index contributed by atoms with van der Waals surface area (Å²) < 4.78 is 7.18. The van der Waals surface area contributed by atoms with E-state index in [2.05, 4.69) is 11.9 Å². The normalized spacial score (nSPS) is 26.9. The van der Waals surface area contributed by atoms with Gasteiger partial charge in [0.1, 0.15) is 0 Å². The number of H-pyrrole nitrogens is 1. The Bertz CT molecular complexity index is 342. The maximum atomic E-state index is 11.4. The molecular weight excluding hydrogens is 180 g/mol. The quantitative estimate of drug-likeness (QED) is 0.788.